The van der Waals surface area contributed by atoms with Crippen LogP contribution in [0.25, 0.3) is 0 Å². The Labute approximate surface area is 155 Å². The highest BCUT2D eigenvalue weighted by Gasteiger charge is 2.16. The second-order valence-electron chi connectivity index (χ2n) is 6.10. The van der Waals surface area contributed by atoms with Crippen LogP contribution in [-0.2, 0) is 4.79 Å². The van der Waals surface area contributed by atoms with Gasteiger partial charge in [-0.2, -0.15) is 0 Å². The minimum atomic E-state index is -0.621. The summed E-state index contributed by atoms with van der Waals surface area (Å²) < 4.78 is 10.9. The van der Waals surface area contributed by atoms with Crippen molar-refractivity contribution in [1.82, 2.24) is 0 Å². The normalized spacial score (nSPS) is 11.6. The van der Waals surface area contributed by atoms with Crippen molar-refractivity contribution in [2.24, 2.45) is 0 Å². The van der Waals surface area contributed by atoms with Crippen molar-refractivity contribution >= 4 is 17.3 Å². The molecule has 0 fully saturated rings. The zero-order chi connectivity index (χ0) is 19.1. The van der Waals surface area contributed by atoms with Crippen molar-refractivity contribution in [3.05, 3.63) is 48.0 Å². The molecule has 0 aromatic heterocycles. The number of aryl methyl sites for hydroxylation is 1. The van der Waals surface area contributed by atoms with E-state index in [1.807, 2.05) is 31.2 Å². The fraction of sp³-hybridized carbons (Fsp3) is 0.381. The Kier molecular flexibility index (Phi) is 6.89. The standard InChI is InChI=1S/C21H28N2O3/c1-6-23(7-2)17-11-12-20(15(3)13-17)22-21(24)16(4)26-19-10-8-9-18(14-19)25-5/h8-14,16H,6-7H2,1-5H3,(H,22,24). The number of anilines is 2. The van der Waals surface area contributed by atoms with Gasteiger partial charge in [-0.05, 0) is 63.6 Å². The maximum absolute atomic E-state index is 12.5. The Hall–Kier alpha value is -2.69. The van der Waals surface area contributed by atoms with E-state index in [0.29, 0.717) is 11.5 Å². The van der Waals surface area contributed by atoms with E-state index < -0.39 is 6.10 Å². The molecule has 2 aromatic carbocycles. The first-order valence-electron chi connectivity index (χ1n) is 8.95. The lowest BCUT2D eigenvalue weighted by Gasteiger charge is -2.22. The van der Waals surface area contributed by atoms with Crippen LogP contribution in [0.15, 0.2) is 42.5 Å². The van der Waals surface area contributed by atoms with Crippen LogP contribution in [0.3, 0.4) is 0 Å². The lowest BCUT2D eigenvalue weighted by molar-refractivity contribution is -0.122. The number of carbonyl (C=O) groups is 1. The number of nitrogens with zero attached hydrogens (tertiary/aromatic N) is 1. The van der Waals surface area contributed by atoms with Crippen LogP contribution >= 0.6 is 0 Å². The second-order valence-corrected chi connectivity index (χ2v) is 6.10. The van der Waals surface area contributed by atoms with Gasteiger partial charge >= 0.3 is 0 Å². The maximum atomic E-state index is 12.5. The summed E-state index contributed by atoms with van der Waals surface area (Å²) in [7, 11) is 1.60. The molecule has 1 unspecified atom stereocenters. The third kappa shape index (κ3) is 4.91. The van der Waals surface area contributed by atoms with Gasteiger partial charge in [0.15, 0.2) is 6.10 Å². The molecule has 0 radical (unpaired) electrons. The monoisotopic (exact) mass is 356 g/mol. The van der Waals surface area contributed by atoms with Crippen molar-refractivity contribution in [2.45, 2.75) is 33.8 Å². The summed E-state index contributed by atoms with van der Waals surface area (Å²) in [6.07, 6.45) is -0.621. The summed E-state index contributed by atoms with van der Waals surface area (Å²) in [5.74, 6) is 1.10. The van der Waals surface area contributed by atoms with Gasteiger partial charge in [0.2, 0.25) is 0 Å². The molecule has 1 atom stereocenters. The summed E-state index contributed by atoms with van der Waals surface area (Å²) in [6, 6.07) is 13.3. The van der Waals surface area contributed by atoms with E-state index in [0.717, 1.165) is 30.0 Å². The van der Waals surface area contributed by atoms with E-state index >= 15 is 0 Å². The number of nitrogens with one attached hydrogen (secondary N) is 1. The number of methoxy groups -OCH3 is 1. The molecular weight excluding hydrogens is 328 g/mol. The predicted octanol–water partition coefficient (Wildman–Crippen LogP) is 4.26. The zero-order valence-electron chi connectivity index (χ0n) is 16.2. The maximum Gasteiger partial charge on any atom is 0.265 e. The van der Waals surface area contributed by atoms with E-state index in [9.17, 15) is 4.79 Å². The SMILES string of the molecule is CCN(CC)c1ccc(NC(=O)C(C)Oc2cccc(OC)c2)c(C)c1. The second kappa shape index (κ2) is 9.13. The van der Waals surface area contributed by atoms with Gasteiger partial charge in [0.25, 0.3) is 5.91 Å². The fourth-order valence-electron chi connectivity index (χ4n) is 2.74. The number of rotatable bonds is 8. The molecule has 0 spiro atoms. The molecule has 140 valence electrons. The molecule has 5 nitrogen and oxygen atoms in total. The molecule has 0 bridgehead atoms. The van der Waals surface area contributed by atoms with Gasteiger partial charge in [-0.25, -0.2) is 0 Å². The van der Waals surface area contributed by atoms with Crippen LogP contribution in [0.5, 0.6) is 11.5 Å². The molecule has 0 aliphatic heterocycles. The summed E-state index contributed by atoms with van der Waals surface area (Å²) in [4.78, 5) is 14.7. The highest BCUT2D eigenvalue weighted by Crippen LogP contribution is 2.24. The van der Waals surface area contributed by atoms with Gasteiger partial charge in [-0.3, -0.25) is 4.79 Å². The molecule has 2 rings (SSSR count). The quantitative estimate of drug-likeness (QED) is 0.768. The van der Waals surface area contributed by atoms with Gasteiger partial charge in [0.1, 0.15) is 11.5 Å². The van der Waals surface area contributed by atoms with E-state index in [4.69, 9.17) is 9.47 Å². The molecular formula is C21H28N2O3. The summed E-state index contributed by atoms with van der Waals surface area (Å²) in [5, 5.41) is 2.95. The Balaban J connectivity index is 2.04. The summed E-state index contributed by atoms with van der Waals surface area (Å²) in [6.45, 7) is 9.89. The first-order chi connectivity index (χ1) is 12.5. The van der Waals surface area contributed by atoms with Crippen LogP contribution in [0.1, 0.15) is 26.3 Å². The summed E-state index contributed by atoms with van der Waals surface area (Å²) >= 11 is 0. The predicted molar refractivity (Wildman–Crippen MR) is 106 cm³/mol. The molecule has 1 N–H and O–H groups in total. The van der Waals surface area contributed by atoms with E-state index in [-0.39, 0.29) is 5.91 Å². The number of ether oxygens (including phenoxy) is 2. The van der Waals surface area contributed by atoms with Crippen LogP contribution in [-0.4, -0.2) is 32.2 Å². The van der Waals surface area contributed by atoms with Crippen LogP contribution in [0, 0.1) is 6.92 Å². The highest BCUT2D eigenvalue weighted by atomic mass is 16.5. The Morgan fingerprint density at radius 1 is 1.12 bits per heavy atom. The average Bonchev–Trinajstić information content (AvgIpc) is 2.64. The molecule has 0 aliphatic carbocycles. The van der Waals surface area contributed by atoms with Crippen molar-refractivity contribution in [3.8, 4) is 11.5 Å². The van der Waals surface area contributed by atoms with Crippen LogP contribution in [0.4, 0.5) is 11.4 Å². The zero-order valence-corrected chi connectivity index (χ0v) is 16.2. The van der Waals surface area contributed by atoms with Gasteiger partial charge in [-0.15, -0.1) is 0 Å². The lowest BCUT2D eigenvalue weighted by atomic mass is 10.1. The van der Waals surface area contributed by atoms with Gasteiger partial charge < -0.3 is 19.7 Å². The Morgan fingerprint density at radius 2 is 1.81 bits per heavy atom. The molecule has 1 amide bonds. The average molecular weight is 356 g/mol. The fourth-order valence-corrected chi connectivity index (χ4v) is 2.74. The molecule has 0 aliphatic rings. The Morgan fingerprint density at radius 3 is 2.42 bits per heavy atom. The number of amides is 1. The van der Waals surface area contributed by atoms with Crippen LogP contribution < -0.4 is 19.7 Å². The number of benzene rings is 2. The highest BCUT2D eigenvalue weighted by molar-refractivity contribution is 5.95. The van der Waals surface area contributed by atoms with Crippen molar-refractivity contribution in [1.29, 1.82) is 0 Å². The third-order valence-electron chi connectivity index (χ3n) is 4.32. The lowest BCUT2D eigenvalue weighted by Crippen LogP contribution is -2.30. The van der Waals surface area contributed by atoms with Crippen molar-refractivity contribution in [3.63, 3.8) is 0 Å². The molecule has 5 heteroatoms. The van der Waals surface area contributed by atoms with Crippen LogP contribution in [0.2, 0.25) is 0 Å². The first-order valence-corrected chi connectivity index (χ1v) is 8.95. The minimum absolute atomic E-state index is 0.188. The molecule has 2 aromatic rings. The molecule has 26 heavy (non-hydrogen) atoms. The smallest absolute Gasteiger partial charge is 0.265 e. The van der Waals surface area contributed by atoms with Crippen molar-refractivity contribution < 1.29 is 14.3 Å². The van der Waals surface area contributed by atoms with E-state index in [1.165, 1.54) is 0 Å². The minimum Gasteiger partial charge on any atom is -0.497 e. The van der Waals surface area contributed by atoms with Gasteiger partial charge in [0.05, 0.1) is 7.11 Å². The number of carbonyl (C=O) groups excluding carboxylic acids is 1. The molecule has 0 saturated heterocycles. The number of hydrogen-bond donors (Lipinski definition) is 1. The van der Waals surface area contributed by atoms with Gasteiger partial charge in [0, 0.05) is 30.5 Å². The largest absolute Gasteiger partial charge is 0.497 e. The Bertz CT molecular complexity index is 742. The summed E-state index contributed by atoms with van der Waals surface area (Å²) in [5.41, 5.74) is 2.98. The number of hydrogen-bond acceptors (Lipinski definition) is 4. The topological polar surface area (TPSA) is 50.8 Å². The third-order valence-corrected chi connectivity index (χ3v) is 4.32. The van der Waals surface area contributed by atoms with E-state index in [2.05, 4.69) is 30.1 Å². The first kappa shape index (κ1) is 19.6. The molecule has 0 heterocycles. The van der Waals surface area contributed by atoms with E-state index in [1.54, 1.807) is 26.2 Å². The van der Waals surface area contributed by atoms with Crippen molar-refractivity contribution in [2.75, 3.05) is 30.4 Å². The van der Waals surface area contributed by atoms with Gasteiger partial charge in [-0.1, -0.05) is 6.07 Å². The molecule has 0 saturated carbocycles.